The summed E-state index contributed by atoms with van der Waals surface area (Å²) in [6.07, 6.45) is 14.3. The third-order valence-electron chi connectivity index (χ3n) is 6.67. The zero-order valence-electron chi connectivity index (χ0n) is 13.2. The maximum absolute atomic E-state index is 6.26. The minimum absolute atomic E-state index is 0.283. The van der Waals surface area contributed by atoms with Crippen molar-refractivity contribution in [2.45, 2.75) is 75.9 Å². The second kappa shape index (κ2) is 5.94. The van der Waals surface area contributed by atoms with E-state index in [2.05, 4.69) is 4.90 Å². The monoisotopic (exact) mass is 280 g/mol. The molecule has 1 saturated heterocycles. The lowest BCUT2D eigenvalue weighted by Crippen LogP contribution is -2.60. The molecule has 3 heteroatoms. The van der Waals surface area contributed by atoms with Crippen LogP contribution in [0.1, 0.15) is 64.2 Å². The van der Waals surface area contributed by atoms with Gasteiger partial charge in [0, 0.05) is 25.7 Å². The number of likely N-dealkylation sites (tertiary alicyclic amines) is 1. The van der Waals surface area contributed by atoms with Gasteiger partial charge in [-0.15, -0.1) is 0 Å². The molecule has 1 unspecified atom stereocenters. The van der Waals surface area contributed by atoms with Crippen molar-refractivity contribution < 1.29 is 4.74 Å². The zero-order chi connectivity index (χ0) is 14.1. The van der Waals surface area contributed by atoms with Crippen molar-refractivity contribution in [1.29, 1.82) is 0 Å². The predicted molar refractivity (Wildman–Crippen MR) is 82.8 cm³/mol. The Balaban J connectivity index is 1.66. The van der Waals surface area contributed by atoms with Crippen LogP contribution < -0.4 is 5.73 Å². The van der Waals surface area contributed by atoms with Crippen LogP contribution >= 0.6 is 0 Å². The maximum Gasteiger partial charge on any atom is 0.0698 e. The standard InChI is InChI=1S/C17H32N2O/c1-20-15-5-4-12-19(13-15)17(14-18)10-8-16(9-11-17)6-2-3-7-16/h15H,2-14,18H2,1H3. The normalized spacial score (nSPS) is 33.6. The molecule has 0 bridgehead atoms. The number of nitrogens with two attached hydrogens (primary N) is 1. The summed E-state index contributed by atoms with van der Waals surface area (Å²) >= 11 is 0. The molecule has 2 saturated carbocycles. The number of methoxy groups -OCH3 is 1. The van der Waals surface area contributed by atoms with Crippen molar-refractivity contribution in [3.63, 3.8) is 0 Å². The van der Waals surface area contributed by atoms with E-state index in [0.29, 0.717) is 11.5 Å². The lowest BCUT2D eigenvalue weighted by molar-refractivity contribution is -0.0458. The van der Waals surface area contributed by atoms with Crippen LogP contribution in [0.25, 0.3) is 0 Å². The average Bonchev–Trinajstić information content (AvgIpc) is 2.97. The first kappa shape index (κ1) is 14.8. The summed E-state index contributed by atoms with van der Waals surface area (Å²) in [5.41, 5.74) is 7.25. The number of nitrogens with zero attached hydrogens (tertiary/aromatic N) is 1. The van der Waals surface area contributed by atoms with Gasteiger partial charge in [0.15, 0.2) is 0 Å². The summed E-state index contributed by atoms with van der Waals surface area (Å²) in [5, 5.41) is 0. The molecule has 1 heterocycles. The van der Waals surface area contributed by atoms with Crippen molar-refractivity contribution in [1.82, 2.24) is 4.90 Å². The van der Waals surface area contributed by atoms with Crippen LogP contribution in [0, 0.1) is 5.41 Å². The highest BCUT2D eigenvalue weighted by Crippen LogP contribution is 2.52. The van der Waals surface area contributed by atoms with E-state index < -0.39 is 0 Å². The molecule has 3 fully saturated rings. The molecule has 0 aromatic rings. The minimum atomic E-state index is 0.283. The third-order valence-corrected chi connectivity index (χ3v) is 6.67. The summed E-state index contributed by atoms with van der Waals surface area (Å²) in [6, 6.07) is 0. The molecular formula is C17H32N2O. The predicted octanol–water partition coefficient (Wildman–Crippen LogP) is 2.93. The Labute approximate surface area is 124 Å². The number of hydrogen-bond donors (Lipinski definition) is 1. The molecule has 1 atom stereocenters. The SMILES string of the molecule is COC1CCCN(C2(CN)CCC3(CCCC3)CC2)C1. The van der Waals surface area contributed by atoms with Gasteiger partial charge < -0.3 is 10.5 Å². The summed E-state index contributed by atoms with van der Waals surface area (Å²) in [7, 11) is 1.86. The van der Waals surface area contributed by atoms with Crippen LogP contribution in [-0.4, -0.2) is 43.3 Å². The second-order valence-electron chi connectivity index (χ2n) is 7.58. The van der Waals surface area contributed by atoms with E-state index in [0.717, 1.165) is 13.1 Å². The third kappa shape index (κ3) is 2.65. The summed E-state index contributed by atoms with van der Waals surface area (Å²) in [4.78, 5) is 2.69. The fourth-order valence-corrected chi connectivity index (χ4v) is 5.08. The van der Waals surface area contributed by atoms with Crippen molar-refractivity contribution in [3.8, 4) is 0 Å². The van der Waals surface area contributed by atoms with Crippen molar-refractivity contribution >= 4 is 0 Å². The van der Waals surface area contributed by atoms with Gasteiger partial charge in [0.25, 0.3) is 0 Å². The van der Waals surface area contributed by atoms with Crippen LogP contribution in [0.4, 0.5) is 0 Å². The highest BCUT2D eigenvalue weighted by atomic mass is 16.5. The lowest BCUT2D eigenvalue weighted by Gasteiger charge is -2.52. The Kier molecular flexibility index (Phi) is 4.40. The molecule has 20 heavy (non-hydrogen) atoms. The number of hydrogen-bond acceptors (Lipinski definition) is 3. The Morgan fingerprint density at radius 3 is 2.35 bits per heavy atom. The first-order valence-electron chi connectivity index (χ1n) is 8.70. The molecule has 0 amide bonds. The van der Waals surface area contributed by atoms with Gasteiger partial charge in [-0.3, -0.25) is 4.90 Å². The van der Waals surface area contributed by atoms with Crippen LogP contribution in [0.15, 0.2) is 0 Å². The number of rotatable bonds is 3. The molecule has 3 aliphatic rings. The van der Waals surface area contributed by atoms with Gasteiger partial charge >= 0.3 is 0 Å². The van der Waals surface area contributed by atoms with Gasteiger partial charge in [0.05, 0.1) is 6.10 Å². The van der Waals surface area contributed by atoms with Crippen LogP contribution in [0.2, 0.25) is 0 Å². The van der Waals surface area contributed by atoms with Gasteiger partial charge in [-0.05, 0) is 63.3 Å². The van der Waals surface area contributed by atoms with E-state index in [9.17, 15) is 0 Å². The number of ether oxygens (including phenoxy) is 1. The molecule has 2 aliphatic carbocycles. The summed E-state index contributed by atoms with van der Waals surface area (Å²) in [5.74, 6) is 0. The molecule has 1 spiro atoms. The van der Waals surface area contributed by atoms with Gasteiger partial charge in [0.2, 0.25) is 0 Å². The second-order valence-corrected chi connectivity index (χ2v) is 7.58. The lowest BCUT2D eigenvalue weighted by atomic mass is 9.65. The first-order valence-corrected chi connectivity index (χ1v) is 8.70. The highest BCUT2D eigenvalue weighted by molar-refractivity contribution is 5.02. The number of piperidine rings is 1. The van der Waals surface area contributed by atoms with E-state index in [1.807, 2.05) is 7.11 Å². The van der Waals surface area contributed by atoms with Gasteiger partial charge in [-0.1, -0.05) is 12.8 Å². The van der Waals surface area contributed by atoms with E-state index in [-0.39, 0.29) is 5.54 Å². The zero-order valence-corrected chi connectivity index (χ0v) is 13.2. The van der Waals surface area contributed by atoms with Gasteiger partial charge in [-0.2, -0.15) is 0 Å². The van der Waals surface area contributed by atoms with Crippen LogP contribution in [-0.2, 0) is 4.74 Å². The largest absolute Gasteiger partial charge is 0.380 e. The summed E-state index contributed by atoms with van der Waals surface area (Å²) < 4.78 is 5.61. The fourth-order valence-electron chi connectivity index (χ4n) is 5.08. The topological polar surface area (TPSA) is 38.5 Å². The summed E-state index contributed by atoms with van der Waals surface area (Å²) in [6.45, 7) is 3.16. The van der Waals surface area contributed by atoms with E-state index in [1.54, 1.807) is 0 Å². The molecular weight excluding hydrogens is 248 g/mol. The van der Waals surface area contributed by atoms with Gasteiger partial charge in [0.1, 0.15) is 0 Å². The molecule has 0 aromatic heterocycles. The maximum atomic E-state index is 6.26. The Morgan fingerprint density at radius 1 is 1.05 bits per heavy atom. The Morgan fingerprint density at radius 2 is 1.75 bits per heavy atom. The highest BCUT2D eigenvalue weighted by Gasteiger charge is 2.46. The average molecular weight is 280 g/mol. The Bertz CT molecular complexity index is 315. The van der Waals surface area contributed by atoms with Crippen LogP contribution in [0.3, 0.4) is 0 Å². The molecule has 1 aliphatic heterocycles. The van der Waals surface area contributed by atoms with E-state index in [4.69, 9.17) is 10.5 Å². The fraction of sp³-hybridized carbons (Fsp3) is 1.00. The Hall–Kier alpha value is -0.120. The van der Waals surface area contributed by atoms with Gasteiger partial charge in [-0.25, -0.2) is 0 Å². The first-order chi connectivity index (χ1) is 9.72. The minimum Gasteiger partial charge on any atom is -0.380 e. The van der Waals surface area contributed by atoms with E-state index in [1.165, 1.54) is 70.8 Å². The van der Waals surface area contributed by atoms with Crippen molar-refractivity contribution in [3.05, 3.63) is 0 Å². The van der Waals surface area contributed by atoms with Crippen molar-refractivity contribution in [2.24, 2.45) is 11.1 Å². The van der Waals surface area contributed by atoms with Crippen molar-refractivity contribution in [2.75, 3.05) is 26.7 Å². The smallest absolute Gasteiger partial charge is 0.0698 e. The molecule has 116 valence electrons. The molecule has 3 nitrogen and oxygen atoms in total. The van der Waals surface area contributed by atoms with Crippen LogP contribution in [0.5, 0.6) is 0 Å². The molecule has 3 rings (SSSR count). The molecule has 0 aromatic carbocycles. The van der Waals surface area contributed by atoms with E-state index >= 15 is 0 Å². The quantitative estimate of drug-likeness (QED) is 0.864. The molecule has 2 N–H and O–H groups in total. The molecule has 0 radical (unpaired) electrons.